The molecule has 10 aromatic rings. The monoisotopic (exact) mass is 689 g/mol. The third-order valence-electron chi connectivity index (χ3n) is 10.5. The van der Waals surface area contributed by atoms with Gasteiger partial charge in [-0.3, -0.25) is 0 Å². The van der Waals surface area contributed by atoms with E-state index in [1.165, 1.54) is 44.2 Å². The number of hydrogen-bond donors (Lipinski definition) is 0. The maximum absolute atomic E-state index is 6.53. The minimum absolute atomic E-state index is 0.884. The van der Waals surface area contributed by atoms with Gasteiger partial charge in [0.1, 0.15) is 11.2 Å². The van der Waals surface area contributed by atoms with E-state index in [1.54, 1.807) is 0 Å². The molecule has 2 nitrogen and oxygen atoms in total. The summed E-state index contributed by atoms with van der Waals surface area (Å²) in [6.45, 7) is 0. The molecule has 0 spiro atoms. The molecule has 0 saturated heterocycles. The Morgan fingerprint density at radius 2 is 0.852 bits per heavy atom. The molecule has 0 saturated carbocycles. The van der Waals surface area contributed by atoms with Gasteiger partial charge in [-0.25, -0.2) is 0 Å². The number of anilines is 3. The molecule has 0 fully saturated rings. The lowest BCUT2D eigenvalue weighted by atomic mass is 9.98. The van der Waals surface area contributed by atoms with E-state index in [0.29, 0.717) is 0 Å². The second-order valence-corrected chi connectivity index (χ2v) is 13.7. The minimum atomic E-state index is 0.884. The first-order chi connectivity index (χ1) is 26.8. The molecule has 0 bridgehead atoms. The van der Waals surface area contributed by atoms with Crippen molar-refractivity contribution in [3.63, 3.8) is 0 Å². The standard InChI is InChI=1S/C52H35NO/c1-3-12-36(13-4-1)38-22-28-44(29-23-38)53(45-30-24-39(25-31-45)42-18-11-17-41(34-42)37-14-5-2-6-15-37)49-21-10-9-19-46(49)43-26-32-48-51(35-43)54-50-33-27-40-16-7-8-20-47(40)52(48)50/h1-35H. The Kier molecular flexibility index (Phi) is 7.85. The largest absolute Gasteiger partial charge is 0.456 e. The summed E-state index contributed by atoms with van der Waals surface area (Å²) in [7, 11) is 0. The summed E-state index contributed by atoms with van der Waals surface area (Å²) in [5, 5.41) is 4.72. The lowest BCUT2D eigenvalue weighted by Gasteiger charge is -2.28. The first-order valence-corrected chi connectivity index (χ1v) is 18.4. The van der Waals surface area contributed by atoms with Crippen molar-refractivity contribution in [3.8, 4) is 44.5 Å². The van der Waals surface area contributed by atoms with E-state index >= 15 is 0 Å². The van der Waals surface area contributed by atoms with E-state index < -0.39 is 0 Å². The van der Waals surface area contributed by atoms with Gasteiger partial charge in [-0.2, -0.15) is 0 Å². The van der Waals surface area contributed by atoms with Crippen LogP contribution in [0, 0.1) is 0 Å². The Bertz CT molecular complexity index is 2910. The van der Waals surface area contributed by atoms with Crippen LogP contribution in [0.4, 0.5) is 17.1 Å². The molecule has 0 N–H and O–H groups in total. The predicted octanol–water partition coefficient (Wildman–Crippen LogP) is 14.9. The van der Waals surface area contributed by atoms with Crippen molar-refractivity contribution in [2.75, 3.05) is 4.90 Å². The third-order valence-corrected chi connectivity index (χ3v) is 10.5. The van der Waals surface area contributed by atoms with Crippen LogP contribution >= 0.6 is 0 Å². The quantitative estimate of drug-likeness (QED) is 0.166. The summed E-state index contributed by atoms with van der Waals surface area (Å²) < 4.78 is 6.53. The van der Waals surface area contributed by atoms with Crippen molar-refractivity contribution in [2.45, 2.75) is 0 Å². The summed E-state index contributed by atoms with van der Waals surface area (Å²) in [6, 6.07) is 75.8. The molecule has 0 amide bonds. The van der Waals surface area contributed by atoms with E-state index in [-0.39, 0.29) is 0 Å². The third kappa shape index (κ3) is 5.71. The van der Waals surface area contributed by atoms with Crippen molar-refractivity contribution < 1.29 is 4.42 Å². The molecule has 0 unspecified atom stereocenters. The molecule has 1 heterocycles. The molecule has 0 aliphatic carbocycles. The van der Waals surface area contributed by atoms with Gasteiger partial charge in [0.2, 0.25) is 0 Å². The topological polar surface area (TPSA) is 16.4 Å². The normalized spacial score (nSPS) is 11.3. The number of hydrogen-bond acceptors (Lipinski definition) is 2. The Labute approximate surface area is 314 Å². The Hall–Kier alpha value is -7.16. The van der Waals surface area contributed by atoms with E-state index in [0.717, 1.165) is 50.1 Å². The Morgan fingerprint density at radius 1 is 0.315 bits per heavy atom. The molecular formula is C52H35NO. The Morgan fingerprint density at radius 3 is 1.56 bits per heavy atom. The Balaban J connectivity index is 1.09. The van der Waals surface area contributed by atoms with Crippen LogP contribution in [0.2, 0.25) is 0 Å². The fourth-order valence-electron chi connectivity index (χ4n) is 7.80. The maximum Gasteiger partial charge on any atom is 0.136 e. The summed E-state index contributed by atoms with van der Waals surface area (Å²) in [5.74, 6) is 0. The fraction of sp³-hybridized carbons (Fsp3) is 0. The average Bonchev–Trinajstić information content (AvgIpc) is 3.64. The molecule has 54 heavy (non-hydrogen) atoms. The zero-order valence-corrected chi connectivity index (χ0v) is 29.6. The van der Waals surface area contributed by atoms with E-state index in [1.807, 2.05) is 0 Å². The van der Waals surface area contributed by atoms with Gasteiger partial charge in [0.15, 0.2) is 0 Å². The van der Waals surface area contributed by atoms with E-state index in [4.69, 9.17) is 4.42 Å². The molecule has 254 valence electrons. The van der Waals surface area contributed by atoms with Gasteiger partial charge in [-0.1, -0.05) is 158 Å². The summed E-state index contributed by atoms with van der Waals surface area (Å²) >= 11 is 0. The van der Waals surface area contributed by atoms with Crippen molar-refractivity contribution in [1.29, 1.82) is 0 Å². The molecule has 2 heteroatoms. The van der Waals surface area contributed by atoms with Crippen LogP contribution in [0.5, 0.6) is 0 Å². The highest BCUT2D eigenvalue weighted by Gasteiger charge is 2.19. The van der Waals surface area contributed by atoms with Gasteiger partial charge in [0.05, 0.1) is 5.69 Å². The minimum Gasteiger partial charge on any atom is -0.456 e. The first kappa shape index (κ1) is 31.6. The van der Waals surface area contributed by atoms with Crippen molar-refractivity contribution in [3.05, 3.63) is 212 Å². The van der Waals surface area contributed by atoms with Gasteiger partial charge >= 0.3 is 0 Å². The van der Waals surface area contributed by atoms with Crippen LogP contribution < -0.4 is 4.90 Å². The van der Waals surface area contributed by atoms with Crippen molar-refractivity contribution in [1.82, 2.24) is 0 Å². The predicted molar refractivity (Wildman–Crippen MR) is 228 cm³/mol. The van der Waals surface area contributed by atoms with Crippen LogP contribution in [0.25, 0.3) is 77.2 Å². The molecule has 1 aromatic heterocycles. The number of rotatable bonds is 7. The molecule has 0 aliphatic heterocycles. The molecule has 9 aromatic carbocycles. The van der Waals surface area contributed by atoms with Crippen LogP contribution in [0.3, 0.4) is 0 Å². The highest BCUT2D eigenvalue weighted by Crippen LogP contribution is 2.43. The molecule has 0 atom stereocenters. The highest BCUT2D eigenvalue weighted by molar-refractivity contribution is 6.19. The van der Waals surface area contributed by atoms with Gasteiger partial charge in [-0.05, 0) is 104 Å². The van der Waals surface area contributed by atoms with Gasteiger partial charge in [-0.15, -0.1) is 0 Å². The zero-order valence-electron chi connectivity index (χ0n) is 29.6. The lowest BCUT2D eigenvalue weighted by Crippen LogP contribution is -2.11. The fourth-order valence-corrected chi connectivity index (χ4v) is 7.80. The van der Waals surface area contributed by atoms with Crippen LogP contribution in [-0.2, 0) is 0 Å². The smallest absolute Gasteiger partial charge is 0.136 e. The number of para-hydroxylation sites is 1. The molecule has 10 rings (SSSR count). The average molecular weight is 690 g/mol. The van der Waals surface area contributed by atoms with Crippen LogP contribution in [0.15, 0.2) is 217 Å². The van der Waals surface area contributed by atoms with E-state index in [9.17, 15) is 0 Å². The number of furan rings is 1. The zero-order chi connectivity index (χ0) is 35.8. The lowest BCUT2D eigenvalue weighted by molar-refractivity contribution is 0.669. The summed E-state index contributed by atoms with van der Waals surface area (Å²) in [5.41, 5.74) is 14.4. The second kappa shape index (κ2) is 13.4. The highest BCUT2D eigenvalue weighted by atomic mass is 16.3. The SMILES string of the molecule is c1ccc(-c2ccc(N(c3ccc(-c4cccc(-c5ccccc5)c4)cc3)c3ccccc3-c3ccc4c(c3)oc3ccc5ccccc5c34)cc2)cc1. The van der Waals surface area contributed by atoms with E-state index in [2.05, 4.69) is 217 Å². The van der Waals surface area contributed by atoms with Crippen molar-refractivity contribution in [2.24, 2.45) is 0 Å². The second-order valence-electron chi connectivity index (χ2n) is 13.7. The maximum atomic E-state index is 6.53. The molecule has 0 aliphatic rings. The molecular weight excluding hydrogens is 655 g/mol. The first-order valence-electron chi connectivity index (χ1n) is 18.4. The van der Waals surface area contributed by atoms with Crippen LogP contribution in [-0.4, -0.2) is 0 Å². The molecule has 0 radical (unpaired) electrons. The van der Waals surface area contributed by atoms with Gasteiger partial charge in [0, 0.05) is 27.7 Å². The van der Waals surface area contributed by atoms with Gasteiger partial charge in [0.25, 0.3) is 0 Å². The summed E-state index contributed by atoms with van der Waals surface area (Å²) in [4.78, 5) is 2.37. The van der Waals surface area contributed by atoms with Crippen molar-refractivity contribution >= 4 is 49.8 Å². The number of nitrogens with zero attached hydrogens (tertiary/aromatic N) is 1. The number of fused-ring (bicyclic) bond motifs is 5. The van der Waals surface area contributed by atoms with Crippen LogP contribution in [0.1, 0.15) is 0 Å². The summed E-state index contributed by atoms with van der Waals surface area (Å²) in [6.07, 6.45) is 0. The number of benzene rings is 9. The van der Waals surface area contributed by atoms with Gasteiger partial charge < -0.3 is 9.32 Å².